The molecule has 0 radical (unpaired) electrons. The van der Waals surface area contributed by atoms with Crippen LogP contribution in [0, 0.1) is 5.92 Å². The molecule has 1 N–H and O–H groups in total. The molecule has 2 rings (SSSR count). The fraction of sp³-hybridized carbons (Fsp3) is 0.714. The molecule has 0 aliphatic carbocycles. The summed E-state index contributed by atoms with van der Waals surface area (Å²) in [6.07, 6.45) is 3.48. The van der Waals surface area contributed by atoms with Crippen molar-refractivity contribution in [2.75, 3.05) is 26.9 Å². The van der Waals surface area contributed by atoms with Crippen LogP contribution in [0.25, 0.3) is 0 Å². The SMILES string of the molecule is CCCNC(c1cc(OC)cs1)C1CCOCC1. The van der Waals surface area contributed by atoms with Gasteiger partial charge in [-0.15, -0.1) is 11.3 Å². The zero-order valence-corrected chi connectivity index (χ0v) is 12.1. The van der Waals surface area contributed by atoms with Crippen molar-refractivity contribution >= 4 is 11.3 Å². The first-order valence-electron chi connectivity index (χ1n) is 6.78. The van der Waals surface area contributed by atoms with E-state index in [2.05, 4.69) is 23.7 Å². The molecule has 3 nitrogen and oxygen atoms in total. The number of nitrogens with one attached hydrogen (secondary N) is 1. The van der Waals surface area contributed by atoms with Crippen LogP contribution in [-0.4, -0.2) is 26.9 Å². The number of hydrogen-bond donors (Lipinski definition) is 1. The lowest BCUT2D eigenvalue weighted by molar-refractivity contribution is 0.0540. The quantitative estimate of drug-likeness (QED) is 0.860. The van der Waals surface area contributed by atoms with Gasteiger partial charge in [-0.3, -0.25) is 0 Å². The van der Waals surface area contributed by atoms with Crippen molar-refractivity contribution in [2.24, 2.45) is 5.92 Å². The fourth-order valence-electron chi connectivity index (χ4n) is 2.45. The number of hydrogen-bond acceptors (Lipinski definition) is 4. The molecule has 1 fully saturated rings. The first-order chi connectivity index (χ1) is 8.85. The van der Waals surface area contributed by atoms with E-state index < -0.39 is 0 Å². The standard InChI is InChI=1S/C14H23NO2S/c1-3-6-15-14(11-4-7-17-8-5-11)13-9-12(16-2)10-18-13/h9-11,14-15H,3-8H2,1-2H3. The Kier molecular flexibility index (Phi) is 5.47. The summed E-state index contributed by atoms with van der Waals surface area (Å²) >= 11 is 1.80. The second kappa shape index (κ2) is 7.12. The van der Waals surface area contributed by atoms with Gasteiger partial charge < -0.3 is 14.8 Å². The molecule has 18 heavy (non-hydrogen) atoms. The molecule has 1 atom stereocenters. The monoisotopic (exact) mass is 269 g/mol. The normalized spacial score (nSPS) is 18.8. The van der Waals surface area contributed by atoms with E-state index in [9.17, 15) is 0 Å². The molecule has 0 saturated carbocycles. The number of ether oxygens (including phenoxy) is 2. The topological polar surface area (TPSA) is 30.5 Å². The molecule has 0 spiro atoms. The molecule has 1 aromatic rings. The summed E-state index contributed by atoms with van der Waals surface area (Å²) in [6, 6.07) is 2.63. The molecule has 0 aromatic carbocycles. The molecule has 2 heterocycles. The Hall–Kier alpha value is -0.580. The molecular weight excluding hydrogens is 246 g/mol. The first-order valence-corrected chi connectivity index (χ1v) is 7.66. The van der Waals surface area contributed by atoms with E-state index in [-0.39, 0.29) is 0 Å². The van der Waals surface area contributed by atoms with E-state index >= 15 is 0 Å². The minimum atomic E-state index is 0.461. The fourth-order valence-corrected chi connectivity index (χ4v) is 3.48. The van der Waals surface area contributed by atoms with Crippen molar-refractivity contribution in [2.45, 2.75) is 32.2 Å². The molecule has 1 aliphatic rings. The molecule has 4 heteroatoms. The van der Waals surface area contributed by atoms with E-state index in [1.807, 2.05) is 0 Å². The van der Waals surface area contributed by atoms with Crippen molar-refractivity contribution in [3.05, 3.63) is 16.3 Å². The Morgan fingerprint density at radius 2 is 2.28 bits per heavy atom. The van der Waals surface area contributed by atoms with E-state index in [0.29, 0.717) is 12.0 Å². The molecule has 0 amide bonds. The third kappa shape index (κ3) is 3.46. The van der Waals surface area contributed by atoms with Gasteiger partial charge in [0.2, 0.25) is 0 Å². The van der Waals surface area contributed by atoms with Gasteiger partial charge in [-0.25, -0.2) is 0 Å². The van der Waals surface area contributed by atoms with Gasteiger partial charge in [0.25, 0.3) is 0 Å². The highest BCUT2D eigenvalue weighted by molar-refractivity contribution is 7.10. The lowest BCUT2D eigenvalue weighted by Crippen LogP contribution is -2.32. The average molecular weight is 269 g/mol. The smallest absolute Gasteiger partial charge is 0.129 e. The van der Waals surface area contributed by atoms with Gasteiger partial charge in [-0.05, 0) is 37.8 Å². The van der Waals surface area contributed by atoms with Crippen molar-refractivity contribution in [3.63, 3.8) is 0 Å². The molecule has 1 aliphatic heterocycles. The summed E-state index contributed by atoms with van der Waals surface area (Å²) in [5, 5.41) is 5.78. The maximum atomic E-state index is 5.47. The third-order valence-corrected chi connectivity index (χ3v) is 4.48. The Bertz CT molecular complexity index is 347. The zero-order chi connectivity index (χ0) is 12.8. The maximum absolute atomic E-state index is 5.47. The molecule has 0 bridgehead atoms. The minimum Gasteiger partial charge on any atom is -0.496 e. The van der Waals surface area contributed by atoms with Crippen LogP contribution in [0.2, 0.25) is 0 Å². The zero-order valence-electron chi connectivity index (χ0n) is 11.3. The van der Waals surface area contributed by atoms with Crippen LogP contribution in [0.15, 0.2) is 11.4 Å². The number of thiophene rings is 1. The van der Waals surface area contributed by atoms with Gasteiger partial charge in [-0.1, -0.05) is 6.92 Å². The summed E-state index contributed by atoms with van der Waals surface area (Å²) in [4.78, 5) is 1.40. The summed E-state index contributed by atoms with van der Waals surface area (Å²) < 4.78 is 10.8. The minimum absolute atomic E-state index is 0.461. The predicted octanol–water partition coefficient (Wildman–Crippen LogP) is 3.22. The van der Waals surface area contributed by atoms with Gasteiger partial charge >= 0.3 is 0 Å². The summed E-state index contributed by atoms with van der Waals surface area (Å²) in [7, 11) is 1.73. The molecular formula is C14H23NO2S. The number of rotatable bonds is 6. The van der Waals surface area contributed by atoms with Gasteiger partial charge in [0.15, 0.2) is 0 Å². The lowest BCUT2D eigenvalue weighted by Gasteiger charge is -2.30. The number of methoxy groups -OCH3 is 1. The molecule has 1 unspecified atom stereocenters. The Balaban J connectivity index is 2.07. The van der Waals surface area contributed by atoms with Gasteiger partial charge in [0.05, 0.1) is 7.11 Å². The highest BCUT2D eigenvalue weighted by Crippen LogP contribution is 2.35. The van der Waals surface area contributed by atoms with Crippen LogP contribution >= 0.6 is 11.3 Å². The maximum Gasteiger partial charge on any atom is 0.129 e. The van der Waals surface area contributed by atoms with E-state index in [4.69, 9.17) is 9.47 Å². The largest absolute Gasteiger partial charge is 0.496 e. The highest BCUT2D eigenvalue weighted by atomic mass is 32.1. The van der Waals surface area contributed by atoms with Crippen molar-refractivity contribution in [3.8, 4) is 5.75 Å². The van der Waals surface area contributed by atoms with Crippen molar-refractivity contribution < 1.29 is 9.47 Å². The lowest BCUT2D eigenvalue weighted by atomic mass is 9.90. The Morgan fingerprint density at radius 1 is 1.50 bits per heavy atom. The third-order valence-electron chi connectivity index (χ3n) is 3.49. The second-order valence-corrected chi connectivity index (χ2v) is 5.71. The van der Waals surface area contributed by atoms with Gasteiger partial charge in [-0.2, -0.15) is 0 Å². The van der Waals surface area contributed by atoms with Gasteiger partial charge in [0.1, 0.15) is 5.75 Å². The van der Waals surface area contributed by atoms with E-state index in [1.165, 1.54) is 11.3 Å². The molecule has 102 valence electrons. The van der Waals surface area contributed by atoms with Crippen LogP contribution in [0.5, 0.6) is 5.75 Å². The van der Waals surface area contributed by atoms with Gasteiger partial charge in [0, 0.05) is 29.5 Å². The predicted molar refractivity (Wildman–Crippen MR) is 75.4 cm³/mol. The van der Waals surface area contributed by atoms with Crippen LogP contribution in [0.1, 0.15) is 37.1 Å². The second-order valence-electron chi connectivity index (χ2n) is 4.77. The van der Waals surface area contributed by atoms with Crippen molar-refractivity contribution in [1.29, 1.82) is 0 Å². The summed E-state index contributed by atoms with van der Waals surface area (Å²) in [6.45, 7) is 5.08. The average Bonchev–Trinajstić information content (AvgIpc) is 2.89. The van der Waals surface area contributed by atoms with E-state index in [1.54, 1.807) is 18.4 Å². The van der Waals surface area contributed by atoms with E-state index in [0.717, 1.165) is 38.3 Å². The summed E-state index contributed by atoms with van der Waals surface area (Å²) in [5.41, 5.74) is 0. The van der Waals surface area contributed by atoms with Crippen LogP contribution in [-0.2, 0) is 4.74 Å². The molecule has 1 aromatic heterocycles. The Labute approximate surface area is 113 Å². The van der Waals surface area contributed by atoms with Crippen molar-refractivity contribution in [1.82, 2.24) is 5.32 Å². The molecule has 1 saturated heterocycles. The van der Waals surface area contributed by atoms with Crippen LogP contribution in [0.3, 0.4) is 0 Å². The highest BCUT2D eigenvalue weighted by Gasteiger charge is 2.26. The van der Waals surface area contributed by atoms with Crippen LogP contribution in [0.4, 0.5) is 0 Å². The Morgan fingerprint density at radius 3 is 2.89 bits per heavy atom. The first kappa shape index (κ1) is 13.8. The van der Waals surface area contributed by atoms with Crippen LogP contribution < -0.4 is 10.1 Å². The summed E-state index contributed by atoms with van der Waals surface area (Å²) in [5.74, 6) is 1.67.